The van der Waals surface area contributed by atoms with Crippen molar-refractivity contribution in [3.8, 4) is 0 Å². The highest BCUT2D eigenvalue weighted by Crippen LogP contribution is 2.16. The Kier molecular flexibility index (Phi) is 53.4. The van der Waals surface area contributed by atoms with Crippen molar-refractivity contribution in [2.75, 3.05) is 13.2 Å². The van der Waals surface area contributed by atoms with Gasteiger partial charge in [-0.15, -0.1) is 0 Å². The van der Waals surface area contributed by atoms with Gasteiger partial charge in [-0.3, -0.25) is 14.4 Å². The molecule has 6 heteroatoms. The second kappa shape index (κ2) is 56.2. The predicted octanol–water partition coefficient (Wildman–Crippen LogP) is 19.2. The Bertz CT molecular complexity index is 1320. The van der Waals surface area contributed by atoms with Crippen LogP contribution < -0.4 is 0 Å². The number of ether oxygens (including phenoxy) is 3. The molecule has 0 aliphatic heterocycles. The summed E-state index contributed by atoms with van der Waals surface area (Å²) in [5.74, 6) is -0.992. The van der Waals surface area contributed by atoms with Gasteiger partial charge in [-0.25, -0.2) is 0 Å². The molecule has 0 radical (unpaired) electrons. The number of esters is 3. The molecule has 0 amide bonds. The fourth-order valence-corrected chi connectivity index (χ4v) is 7.94. The smallest absolute Gasteiger partial charge is 0.306 e. The van der Waals surface area contributed by atoms with E-state index in [1.807, 2.05) is 30.4 Å². The number of rotatable bonds is 51. The van der Waals surface area contributed by atoms with Crippen LogP contribution in [0, 0.1) is 0 Å². The fourth-order valence-electron chi connectivity index (χ4n) is 7.94. The summed E-state index contributed by atoms with van der Waals surface area (Å²) in [6.07, 6.45) is 73.0. The standard InChI is InChI=1S/C62H106O6/c1-4-7-10-13-16-19-22-25-27-29-31-33-34-37-40-43-46-49-52-55-61(64)67-58-59(57-66-60(63)54-51-48-45-42-39-36-24-21-18-15-12-9-6-3)68-62(65)56-53-50-47-44-41-38-35-32-30-28-26-23-20-17-14-11-8-5-2/h11,14,17,20,23,26,28,30,32,35-36,39,45,48,59H,4-10,12-13,15-16,18-19,21-22,24-25,27,29,31,33-34,37-38,40-44,46-47,49-58H2,1-3H3/b14-11+,20-17+,26-23+,30-28+,35-32+,39-36+,48-45+. The van der Waals surface area contributed by atoms with Crippen LogP contribution in [0.25, 0.3) is 0 Å². The van der Waals surface area contributed by atoms with Gasteiger partial charge in [0.15, 0.2) is 6.10 Å². The van der Waals surface area contributed by atoms with Crippen molar-refractivity contribution >= 4 is 17.9 Å². The number of hydrogen-bond donors (Lipinski definition) is 0. The summed E-state index contributed by atoms with van der Waals surface area (Å²) in [5, 5.41) is 0. The van der Waals surface area contributed by atoms with Crippen molar-refractivity contribution in [2.24, 2.45) is 0 Å². The molecule has 390 valence electrons. The summed E-state index contributed by atoms with van der Waals surface area (Å²) in [4.78, 5) is 38.1. The largest absolute Gasteiger partial charge is 0.462 e. The monoisotopic (exact) mass is 947 g/mol. The van der Waals surface area contributed by atoms with Gasteiger partial charge in [-0.1, -0.05) is 279 Å². The lowest BCUT2D eigenvalue weighted by Crippen LogP contribution is -2.30. The number of allylic oxidation sites excluding steroid dienone is 14. The predicted molar refractivity (Wildman–Crippen MR) is 293 cm³/mol. The Hall–Kier alpha value is -3.41. The van der Waals surface area contributed by atoms with Crippen LogP contribution in [-0.4, -0.2) is 37.2 Å². The van der Waals surface area contributed by atoms with E-state index in [4.69, 9.17) is 14.2 Å². The highest BCUT2D eigenvalue weighted by atomic mass is 16.6. The first-order valence-electron chi connectivity index (χ1n) is 28.7. The average molecular weight is 948 g/mol. The molecular weight excluding hydrogens is 841 g/mol. The molecule has 0 aliphatic carbocycles. The van der Waals surface area contributed by atoms with Gasteiger partial charge in [-0.05, 0) is 57.8 Å². The van der Waals surface area contributed by atoms with E-state index in [9.17, 15) is 14.4 Å². The van der Waals surface area contributed by atoms with Gasteiger partial charge in [-0.2, -0.15) is 0 Å². The maximum absolute atomic E-state index is 12.8. The van der Waals surface area contributed by atoms with Gasteiger partial charge in [0.25, 0.3) is 0 Å². The first-order chi connectivity index (χ1) is 33.5. The minimum Gasteiger partial charge on any atom is -0.462 e. The zero-order chi connectivity index (χ0) is 49.3. The maximum atomic E-state index is 12.8. The van der Waals surface area contributed by atoms with Crippen LogP contribution >= 0.6 is 0 Å². The van der Waals surface area contributed by atoms with E-state index in [0.29, 0.717) is 19.3 Å². The molecule has 0 aromatic carbocycles. The average Bonchev–Trinajstić information content (AvgIpc) is 3.34. The van der Waals surface area contributed by atoms with Crippen LogP contribution in [0.5, 0.6) is 0 Å². The molecule has 0 saturated carbocycles. The summed E-state index contributed by atoms with van der Waals surface area (Å²) in [6, 6.07) is 0. The van der Waals surface area contributed by atoms with Gasteiger partial charge in [0.2, 0.25) is 0 Å². The minimum absolute atomic E-state index is 0.102. The van der Waals surface area contributed by atoms with E-state index >= 15 is 0 Å². The molecule has 0 fully saturated rings. The minimum atomic E-state index is -0.812. The van der Waals surface area contributed by atoms with E-state index in [1.165, 1.54) is 148 Å². The molecule has 0 N–H and O–H groups in total. The summed E-state index contributed by atoms with van der Waals surface area (Å²) < 4.78 is 16.8. The highest BCUT2D eigenvalue weighted by Gasteiger charge is 2.19. The van der Waals surface area contributed by atoms with Gasteiger partial charge < -0.3 is 14.2 Å². The van der Waals surface area contributed by atoms with E-state index < -0.39 is 6.10 Å². The Morgan fingerprint density at radius 2 is 0.647 bits per heavy atom. The Morgan fingerprint density at radius 3 is 1.09 bits per heavy atom. The quantitative estimate of drug-likeness (QED) is 0.0199. The molecular formula is C62H106O6. The lowest BCUT2D eigenvalue weighted by molar-refractivity contribution is -0.166. The molecule has 68 heavy (non-hydrogen) atoms. The van der Waals surface area contributed by atoms with Gasteiger partial charge in [0.05, 0.1) is 0 Å². The highest BCUT2D eigenvalue weighted by molar-refractivity contribution is 5.71. The Labute approximate surface area is 420 Å². The lowest BCUT2D eigenvalue weighted by atomic mass is 10.0. The van der Waals surface area contributed by atoms with Gasteiger partial charge in [0, 0.05) is 19.3 Å². The van der Waals surface area contributed by atoms with Crippen molar-refractivity contribution in [3.63, 3.8) is 0 Å². The molecule has 0 aliphatic rings. The third-order valence-corrected chi connectivity index (χ3v) is 12.2. The zero-order valence-electron chi connectivity index (χ0n) is 44.6. The first kappa shape index (κ1) is 64.6. The van der Waals surface area contributed by atoms with Crippen molar-refractivity contribution in [1.82, 2.24) is 0 Å². The van der Waals surface area contributed by atoms with Crippen LogP contribution in [0.4, 0.5) is 0 Å². The first-order valence-corrected chi connectivity index (χ1v) is 28.7. The molecule has 0 heterocycles. The summed E-state index contributed by atoms with van der Waals surface area (Å²) in [5.41, 5.74) is 0. The maximum Gasteiger partial charge on any atom is 0.306 e. The SMILES string of the molecule is CCC/C=C/C=C/C=C/C=C/C=C/CCCCCCCC(=O)OC(COC(=O)CC/C=C/C/C=C/CCCCCCCC)COC(=O)CCCCCCCCCCCCCCCCCCCCC. The van der Waals surface area contributed by atoms with E-state index in [-0.39, 0.29) is 37.5 Å². The second-order valence-corrected chi connectivity index (χ2v) is 19.0. The van der Waals surface area contributed by atoms with E-state index in [0.717, 1.165) is 77.0 Å². The third kappa shape index (κ3) is 53.5. The molecule has 1 unspecified atom stereocenters. The van der Waals surface area contributed by atoms with E-state index in [1.54, 1.807) is 0 Å². The van der Waals surface area contributed by atoms with Gasteiger partial charge in [0.1, 0.15) is 13.2 Å². The topological polar surface area (TPSA) is 78.9 Å². The third-order valence-electron chi connectivity index (χ3n) is 12.2. The molecule has 0 saturated heterocycles. The van der Waals surface area contributed by atoms with Crippen LogP contribution in [0.2, 0.25) is 0 Å². The molecule has 1 atom stereocenters. The number of hydrogen-bond acceptors (Lipinski definition) is 6. The molecule has 0 rings (SSSR count). The van der Waals surface area contributed by atoms with Crippen LogP contribution in [0.3, 0.4) is 0 Å². The Morgan fingerprint density at radius 1 is 0.309 bits per heavy atom. The summed E-state index contributed by atoms with van der Waals surface area (Å²) in [7, 11) is 0. The zero-order valence-corrected chi connectivity index (χ0v) is 44.6. The number of unbranched alkanes of at least 4 members (excludes halogenated alkanes) is 30. The van der Waals surface area contributed by atoms with Crippen molar-refractivity contribution in [1.29, 1.82) is 0 Å². The molecule has 0 bridgehead atoms. The van der Waals surface area contributed by atoms with Crippen molar-refractivity contribution in [2.45, 2.75) is 277 Å². The normalized spacial score (nSPS) is 12.7. The van der Waals surface area contributed by atoms with Crippen LogP contribution in [0.15, 0.2) is 85.1 Å². The van der Waals surface area contributed by atoms with Crippen LogP contribution in [-0.2, 0) is 28.6 Å². The molecule has 0 aromatic heterocycles. The second-order valence-electron chi connectivity index (χ2n) is 19.0. The number of carbonyl (C=O) groups is 3. The van der Waals surface area contributed by atoms with Crippen molar-refractivity contribution in [3.05, 3.63) is 85.1 Å². The molecule has 0 spiro atoms. The van der Waals surface area contributed by atoms with Crippen LogP contribution in [0.1, 0.15) is 271 Å². The molecule has 0 aromatic rings. The number of carbonyl (C=O) groups excluding carboxylic acids is 3. The Balaban J connectivity index is 4.45. The van der Waals surface area contributed by atoms with E-state index in [2.05, 4.69) is 75.5 Å². The van der Waals surface area contributed by atoms with Gasteiger partial charge >= 0.3 is 17.9 Å². The van der Waals surface area contributed by atoms with Crippen molar-refractivity contribution < 1.29 is 28.6 Å². The fraction of sp³-hybridized carbons (Fsp3) is 0.726. The summed E-state index contributed by atoms with van der Waals surface area (Å²) in [6.45, 7) is 6.49. The summed E-state index contributed by atoms with van der Waals surface area (Å²) >= 11 is 0. The molecule has 6 nitrogen and oxygen atoms in total. The lowest BCUT2D eigenvalue weighted by Gasteiger charge is -2.18.